The molecule has 1 aromatic carbocycles. The molecule has 126 valence electrons. The van der Waals surface area contributed by atoms with Crippen molar-refractivity contribution in [3.05, 3.63) is 34.4 Å². The third kappa shape index (κ3) is 3.42. The number of halogens is 4. The number of alkyl halides is 3. The Bertz CT molecular complexity index is 936. The van der Waals surface area contributed by atoms with E-state index in [1.54, 1.807) is 0 Å². The molecule has 0 aliphatic carbocycles. The van der Waals surface area contributed by atoms with Crippen LogP contribution in [0.2, 0.25) is 0 Å². The molecule has 0 bridgehead atoms. The summed E-state index contributed by atoms with van der Waals surface area (Å²) in [5.41, 5.74) is -0.549. The molecule has 3 aromatic rings. The van der Waals surface area contributed by atoms with E-state index in [1.165, 1.54) is 6.07 Å². The van der Waals surface area contributed by atoms with E-state index in [9.17, 15) is 22.4 Å². The van der Waals surface area contributed by atoms with Gasteiger partial charge in [0.25, 0.3) is 5.56 Å². The second-order valence-electron chi connectivity index (χ2n) is 4.53. The SMILES string of the molecule is O=c1[nH]c2nonc2nc1Nc1ccc(OCC(F)(F)F)c(F)c1. The third-order valence-corrected chi connectivity index (χ3v) is 2.72. The molecule has 0 spiro atoms. The van der Waals surface area contributed by atoms with Crippen LogP contribution in [-0.4, -0.2) is 33.1 Å². The van der Waals surface area contributed by atoms with Gasteiger partial charge in [0.05, 0.1) is 0 Å². The number of nitrogens with zero attached hydrogens (tertiary/aromatic N) is 3. The topological polar surface area (TPSA) is 106 Å². The summed E-state index contributed by atoms with van der Waals surface area (Å²) in [7, 11) is 0. The van der Waals surface area contributed by atoms with Crippen LogP contribution < -0.4 is 15.6 Å². The summed E-state index contributed by atoms with van der Waals surface area (Å²) < 4.78 is 58.7. The van der Waals surface area contributed by atoms with E-state index < -0.39 is 29.9 Å². The van der Waals surface area contributed by atoms with Crippen LogP contribution in [0.3, 0.4) is 0 Å². The zero-order chi connectivity index (χ0) is 17.3. The Morgan fingerprint density at radius 1 is 1.29 bits per heavy atom. The number of hydrogen-bond acceptors (Lipinski definition) is 7. The van der Waals surface area contributed by atoms with Gasteiger partial charge in [-0.25, -0.2) is 9.02 Å². The van der Waals surface area contributed by atoms with Crippen LogP contribution in [0.1, 0.15) is 0 Å². The second kappa shape index (κ2) is 5.79. The van der Waals surface area contributed by atoms with Gasteiger partial charge in [-0.3, -0.25) is 9.78 Å². The predicted molar refractivity (Wildman–Crippen MR) is 71.5 cm³/mol. The minimum absolute atomic E-state index is 0.0164. The van der Waals surface area contributed by atoms with Crippen molar-refractivity contribution >= 4 is 22.8 Å². The van der Waals surface area contributed by atoms with Gasteiger partial charge >= 0.3 is 6.18 Å². The van der Waals surface area contributed by atoms with Crippen LogP contribution in [0.5, 0.6) is 5.75 Å². The summed E-state index contributed by atoms with van der Waals surface area (Å²) in [4.78, 5) is 17.9. The first-order chi connectivity index (χ1) is 11.3. The number of H-pyrrole nitrogens is 1. The van der Waals surface area contributed by atoms with E-state index in [2.05, 4.69) is 35.0 Å². The second-order valence-corrected chi connectivity index (χ2v) is 4.53. The molecule has 2 heterocycles. The van der Waals surface area contributed by atoms with E-state index in [-0.39, 0.29) is 22.8 Å². The molecule has 0 fully saturated rings. The van der Waals surface area contributed by atoms with Crippen molar-refractivity contribution in [2.45, 2.75) is 6.18 Å². The molecule has 0 unspecified atom stereocenters. The maximum absolute atomic E-state index is 13.8. The van der Waals surface area contributed by atoms with Gasteiger partial charge in [0.2, 0.25) is 11.3 Å². The normalized spacial score (nSPS) is 11.7. The van der Waals surface area contributed by atoms with E-state index in [1.807, 2.05) is 0 Å². The maximum Gasteiger partial charge on any atom is 0.422 e. The maximum atomic E-state index is 13.8. The van der Waals surface area contributed by atoms with Crippen LogP contribution in [0.15, 0.2) is 27.6 Å². The van der Waals surface area contributed by atoms with E-state index in [0.717, 1.165) is 12.1 Å². The number of rotatable bonds is 4. The minimum atomic E-state index is -4.58. The van der Waals surface area contributed by atoms with Gasteiger partial charge in [0.1, 0.15) is 0 Å². The number of benzene rings is 1. The first-order valence-corrected chi connectivity index (χ1v) is 6.30. The summed E-state index contributed by atoms with van der Waals surface area (Å²) in [6.07, 6.45) is -4.58. The van der Waals surface area contributed by atoms with Gasteiger partial charge in [0.15, 0.2) is 24.0 Å². The van der Waals surface area contributed by atoms with E-state index in [4.69, 9.17) is 0 Å². The van der Waals surface area contributed by atoms with Gasteiger partial charge in [-0.2, -0.15) is 18.2 Å². The highest BCUT2D eigenvalue weighted by atomic mass is 19.4. The summed E-state index contributed by atoms with van der Waals surface area (Å²) in [5.74, 6) is -1.83. The Morgan fingerprint density at radius 2 is 2.08 bits per heavy atom. The lowest BCUT2D eigenvalue weighted by Gasteiger charge is -2.11. The minimum Gasteiger partial charge on any atom is -0.481 e. The summed E-state index contributed by atoms with van der Waals surface area (Å²) in [5, 5.41) is 9.34. The highest BCUT2D eigenvalue weighted by molar-refractivity contribution is 5.67. The molecule has 8 nitrogen and oxygen atoms in total. The molecule has 0 amide bonds. The molecular weight excluding hydrogens is 338 g/mol. The smallest absolute Gasteiger partial charge is 0.422 e. The fourth-order valence-electron chi connectivity index (χ4n) is 1.74. The fourth-order valence-corrected chi connectivity index (χ4v) is 1.74. The largest absolute Gasteiger partial charge is 0.481 e. The van der Waals surface area contributed by atoms with Crippen molar-refractivity contribution in [3.8, 4) is 5.75 Å². The van der Waals surface area contributed by atoms with Gasteiger partial charge in [-0.05, 0) is 22.4 Å². The lowest BCUT2D eigenvalue weighted by atomic mass is 10.3. The monoisotopic (exact) mass is 345 g/mol. The molecule has 2 aromatic heterocycles. The van der Waals surface area contributed by atoms with Crippen molar-refractivity contribution in [1.29, 1.82) is 0 Å². The lowest BCUT2D eigenvalue weighted by Crippen LogP contribution is -2.19. The van der Waals surface area contributed by atoms with Gasteiger partial charge in [-0.1, -0.05) is 0 Å². The zero-order valence-corrected chi connectivity index (χ0v) is 11.5. The van der Waals surface area contributed by atoms with Gasteiger partial charge < -0.3 is 10.1 Å². The first-order valence-electron chi connectivity index (χ1n) is 6.30. The highest BCUT2D eigenvalue weighted by Gasteiger charge is 2.29. The molecule has 2 N–H and O–H groups in total. The van der Waals surface area contributed by atoms with E-state index >= 15 is 0 Å². The average Bonchev–Trinajstić information content (AvgIpc) is 2.93. The van der Waals surface area contributed by atoms with Gasteiger partial charge in [-0.15, -0.1) is 0 Å². The highest BCUT2D eigenvalue weighted by Crippen LogP contribution is 2.25. The summed E-state index contributed by atoms with van der Waals surface area (Å²) in [6, 6.07) is 3.08. The molecule has 0 aliphatic heterocycles. The Balaban J connectivity index is 1.81. The van der Waals surface area contributed by atoms with Crippen LogP contribution in [-0.2, 0) is 0 Å². The Hall–Kier alpha value is -3.18. The first kappa shape index (κ1) is 15.7. The molecule has 24 heavy (non-hydrogen) atoms. The number of anilines is 2. The van der Waals surface area contributed by atoms with Crippen LogP contribution in [0.25, 0.3) is 11.3 Å². The molecule has 12 heteroatoms. The molecule has 0 aliphatic rings. The average molecular weight is 345 g/mol. The molecule has 0 radical (unpaired) electrons. The van der Waals surface area contributed by atoms with E-state index in [0.29, 0.717) is 0 Å². The van der Waals surface area contributed by atoms with Crippen LogP contribution >= 0.6 is 0 Å². The molecule has 3 rings (SSSR count). The van der Waals surface area contributed by atoms with Crippen molar-refractivity contribution < 1.29 is 26.9 Å². The molecule has 0 saturated carbocycles. The Morgan fingerprint density at radius 3 is 2.79 bits per heavy atom. The summed E-state index contributed by atoms with van der Waals surface area (Å²) >= 11 is 0. The quantitative estimate of drug-likeness (QED) is 0.698. The molecule has 0 saturated heterocycles. The van der Waals surface area contributed by atoms with Crippen LogP contribution in [0, 0.1) is 5.82 Å². The van der Waals surface area contributed by atoms with Crippen molar-refractivity contribution in [3.63, 3.8) is 0 Å². The van der Waals surface area contributed by atoms with Crippen molar-refractivity contribution in [1.82, 2.24) is 20.3 Å². The third-order valence-electron chi connectivity index (χ3n) is 2.72. The number of aromatic nitrogens is 4. The number of aromatic amines is 1. The molecule has 0 atom stereocenters. The van der Waals surface area contributed by atoms with Crippen molar-refractivity contribution in [2.75, 3.05) is 11.9 Å². The zero-order valence-electron chi connectivity index (χ0n) is 11.5. The number of hydrogen-bond donors (Lipinski definition) is 2. The summed E-state index contributed by atoms with van der Waals surface area (Å²) in [6.45, 7) is -1.62. The number of nitrogens with one attached hydrogen (secondary N) is 2. The predicted octanol–water partition coefficient (Wildman–Crippen LogP) is 2.13. The van der Waals surface area contributed by atoms with Crippen molar-refractivity contribution in [2.24, 2.45) is 0 Å². The Labute approximate surface area is 129 Å². The number of ether oxygens (including phenoxy) is 1. The molecular formula is C12H7F4N5O3. The Kier molecular flexibility index (Phi) is 3.79. The fraction of sp³-hybridized carbons (Fsp3) is 0.167. The van der Waals surface area contributed by atoms with Gasteiger partial charge in [0, 0.05) is 11.8 Å². The standard InChI is InChI=1S/C12H7F4N5O3/c13-6-3-5(1-2-7(6)23-4-12(14,15)16)17-10-11(22)19-9-8(18-10)20-24-21-9/h1-3H,4H2,(H,17,18,20)(H,19,21,22). The lowest BCUT2D eigenvalue weighted by molar-refractivity contribution is -0.153. The van der Waals surface area contributed by atoms with Crippen LogP contribution in [0.4, 0.5) is 29.1 Å². The number of fused-ring (bicyclic) bond motifs is 1.